The zero-order valence-corrected chi connectivity index (χ0v) is 16.9. The van der Waals surface area contributed by atoms with Crippen molar-refractivity contribution in [2.75, 3.05) is 13.6 Å². The van der Waals surface area contributed by atoms with E-state index in [9.17, 15) is 0 Å². The quantitative estimate of drug-likeness (QED) is 0.602. The molecule has 1 aliphatic rings. The van der Waals surface area contributed by atoms with Crippen molar-refractivity contribution in [2.24, 2.45) is 4.99 Å². The van der Waals surface area contributed by atoms with E-state index in [1.807, 2.05) is 0 Å². The van der Waals surface area contributed by atoms with Crippen molar-refractivity contribution in [2.45, 2.75) is 64.8 Å². The number of nitrogens with one attached hydrogen (secondary N) is 2. The van der Waals surface area contributed by atoms with Crippen molar-refractivity contribution in [3.63, 3.8) is 0 Å². The molecule has 2 aromatic rings. The van der Waals surface area contributed by atoms with Gasteiger partial charge in [0.2, 0.25) is 5.89 Å². The standard InChI is InChI=1S/C21H31N5O/c1-14(2)20-25-19(27-26-20)11-12-23-21(22-4)24-15(3)17-10-9-16-7-5-6-8-18(16)13-17/h9-10,13-15H,5-8,11-12H2,1-4H3,(H2,22,23,24). The zero-order chi connectivity index (χ0) is 19.2. The van der Waals surface area contributed by atoms with E-state index in [-0.39, 0.29) is 12.0 Å². The van der Waals surface area contributed by atoms with Crippen LogP contribution in [0.1, 0.15) is 74.0 Å². The molecule has 0 aliphatic heterocycles. The van der Waals surface area contributed by atoms with Crippen LogP contribution in [0.25, 0.3) is 0 Å². The lowest BCUT2D eigenvalue weighted by Crippen LogP contribution is -2.39. The normalized spacial score (nSPS) is 15.5. The van der Waals surface area contributed by atoms with Gasteiger partial charge < -0.3 is 15.2 Å². The van der Waals surface area contributed by atoms with Gasteiger partial charge in [0.05, 0.1) is 6.04 Å². The van der Waals surface area contributed by atoms with Gasteiger partial charge in [0.25, 0.3) is 0 Å². The first-order valence-corrected chi connectivity index (χ1v) is 9.98. The van der Waals surface area contributed by atoms with E-state index in [0.29, 0.717) is 18.9 Å². The van der Waals surface area contributed by atoms with Crippen LogP contribution in [0, 0.1) is 0 Å². The lowest BCUT2D eigenvalue weighted by molar-refractivity contribution is 0.371. The maximum Gasteiger partial charge on any atom is 0.228 e. The molecule has 0 radical (unpaired) electrons. The number of aromatic nitrogens is 2. The Morgan fingerprint density at radius 3 is 2.67 bits per heavy atom. The second-order valence-electron chi connectivity index (χ2n) is 7.55. The van der Waals surface area contributed by atoms with Gasteiger partial charge in [-0.15, -0.1) is 0 Å². The van der Waals surface area contributed by atoms with E-state index in [2.05, 4.69) is 64.7 Å². The van der Waals surface area contributed by atoms with Gasteiger partial charge in [0.15, 0.2) is 11.8 Å². The Labute approximate surface area is 161 Å². The summed E-state index contributed by atoms with van der Waals surface area (Å²) in [4.78, 5) is 8.74. The third kappa shape index (κ3) is 5.08. The molecular formula is C21H31N5O. The first-order valence-electron chi connectivity index (χ1n) is 9.98. The highest BCUT2D eigenvalue weighted by molar-refractivity contribution is 5.80. The van der Waals surface area contributed by atoms with Crippen LogP contribution in [-0.4, -0.2) is 29.7 Å². The predicted molar refractivity (Wildman–Crippen MR) is 108 cm³/mol. The van der Waals surface area contributed by atoms with Crippen LogP contribution in [0.4, 0.5) is 0 Å². The maximum absolute atomic E-state index is 5.28. The highest BCUT2D eigenvalue weighted by Crippen LogP contribution is 2.24. The Morgan fingerprint density at radius 1 is 1.19 bits per heavy atom. The Bertz CT molecular complexity index is 781. The summed E-state index contributed by atoms with van der Waals surface area (Å²) in [6.07, 6.45) is 5.71. The topological polar surface area (TPSA) is 75.3 Å². The highest BCUT2D eigenvalue weighted by atomic mass is 16.5. The second-order valence-corrected chi connectivity index (χ2v) is 7.55. The first kappa shape index (κ1) is 19.4. The van der Waals surface area contributed by atoms with Gasteiger partial charge in [0, 0.05) is 25.9 Å². The molecule has 0 amide bonds. The fourth-order valence-electron chi connectivity index (χ4n) is 3.40. The van der Waals surface area contributed by atoms with Gasteiger partial charge in [-0.1, -0.05) is 37.2 Å². The van der Waals surface area contributed by atoms with Gasteiger partial charge >= 0.3 is 0 Å². The van der Waals surface area contributed by atoms with Gasteiger partial charge in [-0.2, -0.15) is 4.98 Å². The number of hydrogen-bond acceptors (Lipinski definition) is 4. The molecule has 6 nitrogen and oxygen atoms in total. The third-order valence-electron chi connectivity index (χ3n) is 5.08. The van der Waals surface area contributed by atoms with Crippen molar-refractivity contribution in [1.82, 2.24) is 20.8 Å². The van der Waals surface area contributed by atoms with Crippen LogP contribution in [0.3, 0.4) is 0 Å². The third-order valence-corrected chi connectivity index (χ3v) is 5.08. The maximum atomic E-state index is 5.28. The molecular weight excluding hydrogens is 338 g/mol. The molecule has 6 heteroatoms. The lowest BCUT2D eigenvalue weighted by atomic mass is 9.89. The van der Waals surface area contributed by atoms with E-state index in [1.165, 1.54) is 42.4 Å². The largest absolute Gasteiger partial charge is 0.356 e. The summed E-state index contributed by atoms with van der Waals surface area (Å²) >= 11 is 0. The lowest BCUT2D eigenvalue weighted by Gasteiger charge is -2.21. The summed E-state index contributed by atoms with van der Waals surface area (Å²) in [5.74, 6) is 2.48. The SMILES string of the molecule is CN=C(NCCc1nc(C(C)C)no1)NC(C)c1ccc2c(c1)CCCC2. The molecule has 27 heavy (non-hydrogen) atoms. The van der Waals surface area contributed by atoms with Crippen LogP contribution in [0.2, 0.25) is 0 Å². The minimum atomic E-state index is 0.194. The molecule has 0 spiro atoms. The van der Waals surface area contributed by atoms with Crippen molar-refractivity contribution >= 4 is 5.96 Å². The summed E-state index contributed by atoms with van der Waals surface area (Å²) in [6, 6.07) is 7.08. The molecule has 1 heterocycles. The molecule has 0 saturated carbocycles. The first-order chi connectivity index (χ1) is 13.1. The van der Waals surface area contributed by atoms with E-state index in [0.717, 1.165) is 11.8 Å². The second kappa shape index (κ2) is 9.02. The molecule has 0 fully saturated rings. The Balaban J connectivity index is 1.52. The summed E-state index contributed by atoms with van der Waals surface area (Å²) < 4.78 is 5.28. The Kier molecular flexibility index (Phi) is 6.48. The summed E-state index contributed by atoms with van der Waals surface area (Å²) in [7, 11) is 1.79. The molecule has 1 aromatic carbocycles. The minimum absolute atomic E-state index is 0.194. The number of benzene rings is 1. The van der Waals surface area contributed by atoms with Gasteiger partial charge in [-0.05, 0) is 49.3 Å². The molecule has 3 rings (SSSR count). The zero-order valence-electron chi connectivity index (χ0n) is 16.9. The van der Waals surface area contributed by atoms with Crippen LogP contribution >= 0.6 is 0 Å². The summed E-state index contributed by atoms with van der Waals surface area (Å²) in [5.41, 5.74) is 4.32. The van der Waals surface area contributed by atoms with Crippen LogP contribution in [0.15, 0.2) is 27.7 Å². The number of rotatable bonds is 6. The minimum Gasteiger partial charge on any atom is -0.356 e. The number of aliphatic imine (C=N–C) groups is 1. The molecule has 1 aromatic heterocycles. The monoisotopic (exact) mass is 369 g/mol. The number of fused-ring (bicyclic) bond motifs is 1. The number of guanidine groups is 1. The Hall–Kier alpha value is -2.37. The number of nitrogens with zero attached hydrogens (tertiary/aromatic N) is 3. The Morgan fingerprint density at radius 2 is 1.96 bits per heavy atom. The van der Waals surface area contributed by atoms with Gasteiger partial charge in [0.1, 0.15) is 0 Å². The van der Waals surface area contributed by atoms with E-state index in [1.54, 1.807) is 7.05 Å². The van der Waals surface area contributed by atoms with Crippen molar-refractivity contribution in [3.8, 4) is 0 Å². The highest BCUT2D eigenvalue weighted by Gasteiger charge is 2.14. The molecule has 0 bridgehead atoms. The smallest absolute Gasteiger partial charge is 0.228 e. The predicted octanol–water partition coefficient (Wildman–Crippen LogP) is 3.54. The molecule has 0 saturated heterocycles. The average molecular weight is 370 g/mol. The molecule has 1 atom stereocenters. The van der Waals surface area contributed by atoms with Crippen LogP contribution < -0.4 is 10.6 Å². The van der Waals surface area contributed by atoms with E-state index in [4.69, 9.17) is 4.52 Å². The van der Waals surface area contributed by atoms with Gasteiger partial charge in [-0.25, -0.2) is 0 Å². The number of aryl methyl sites for hydroxylation is 2. The van der Waals surface area contributed by atoms with Crippen molar-refractivity contribution in [3.05, 3.63) is 46.6 Å². The van der Waals surface area contributed by atoms with Crippen LogP contribution in [-0.2, 0) is 19.3 Å². The fourth-order valence-corrected chi connectivity index (χ4v) is 3.40. The van der Waals surface area contributed by atoms with Crippen molar-refractivity contribution in [1.29, 1.82) is 0 Å². The van der Waals surface area contributed by atoms with Crippen LogP contribution in [0.5, 0.6) is 0 Å². The molecule has 2 N–H and O–H groups in total. The summed E-state index contributed by atoms with van der Waals surface area (Å²) in [5, 5.41) is 10.8. The van der Waals surface area contributed by atoms with Gasteiger partial charge in [-0.3, -0.25) is 4.99 Å². The average Bonchev–Trinajstić information content (AvgIpc) is 3.16. The molecule has 1 aliphatic carbocycles. The molecule has 146 valence electrons. The van der Waals surface area contributed by atoms with E-state index >= 15 is 0 Å². The van der Waals surface area contributed by atoms with Crippen molar-refractivity contribution < 1.29 is 4.52 Å². The summed E-state index contributed by atoms with van der Waals surface area (Å²) in [6.45, 7) is 6.97. The molecule has 1 unspecified atom stereocenters. The van der Waals surface area contributed by atoms with E-state index < -0.39 is 0 Å². The fraction of sp³-hybridized carbons (Fsp3) is 0.571. The number of hydrogen-bond donors (Lipinski definition) is 2.